The van der Waals surface area contributed by atoms with Crippen molar-refractivity contribution in [2.75, 3.05) is 18.0 Å². The summed E-state index contributed by atoms with van der Waals surface area (Å²) in [5, 5.41) is 4.01. The number of piperidine rings is 1. The summed E-state index contributed by atoms with van der Waals surface area (Å²) in [5.41, 5.74) is 4.25. The molecule has 1 aromatic heterocycles. The topological polar surface area (TPSA) is 42.2 Å². The molecule has 4 nitrogen and oxygen atoms in total. The molecule has 1 fully saturated rings. The SMILES string of the molecule is CC/C=C(\C)C1=CCC=C(CCC2CCN(c3nc(CC)no3)CC2)C=C1. The van der Waals surface area contributed by atoms with Crippen molar-refractivity contribution in [2.24, 2.45) is 5.92 Å². The van der Waals surface area contributed by atoms with E-state index in [2.05, 4.69) is 66.2 Å². The Morgan fingerprint density at radius 2 is 2.04 bits per heavy atom. The van der Waals surface area contributed by atoms with Crippen LogP contribution in [0.15, 0.2) is 51.6 Å². The summed E-state index contributed by atoms with van der Waals surface area (Å²) >= 11 is 0. The van der Waals surface area contributed by atoms with Crippen LogP contribution in [-0.4, -0.2) is 23.2 Å². The predicted molar refractivity (Wildman–Crippen MR) is 112 cm³/mol. The first-order chi connectivity index (χ1) is 13.2. The summed E-state index contributed by atoms with van der Waals surface area (Å²) in [7, 11) is 0. The first-order valence-electron chi connectivity index (χ1n) is 10.5. The zero-order valence-electron chi connectivity index (χ0n) is 17.1. The molecule has 1 saturated heterocycles. The van der Waals surface area contributed by atoms with E-state index in [1.807, 2.05) is 0 Å². The normalized spacial score (nSPS) is 19.1. The maximum atomic E-state index is 5.38. The van der Waals surface area contributed by atoms with Crippen LogP contribution < -0.4 is 4.90 Å². The van der Waals surface area contributed by atoms with E-state index in [9.17, 15) is 0 Å². The van der Waals surface area contributed by atoms with Gasteiger partial charge in [-0.3, -0.25) is 0 Å². The van der Waals surface area contributed by atoms with Crippen LogP contribution in [0.25, 0.3) is 0 Å². The molecule has 1 aliphatic carbocycles. The molecule has 2 aliphatic rings. The molecule has 0 atom stereocenters. The number of hydrogen-bond donors (Lipinski definition) is 0. The zero-order valence-corrected chi connectivity index (χ0v) is 17.1. The Hall–Kier alpha value is -2.10. The van der Waals surface area contributed by atoms with Gasteiger partial charge < -0.3 is 9.42 Å². The van der Waals surface area contributed by atoms with Crippen molar-refractivity contribution < 1.29 is 4.52 Å². The summed E-state index contributed by atoms with van der Waals surface area (Å²) in [6.45, 7) is 8.51. The molecule has 3 rings (SSSR count). The summed E-state index contributed by atoms with van der Waals surface area (Å²) in [4.78, 5) is 6.70. The van der Waals surface area contributed by atoms with Crippen molar-refractivity contribution in [3.63, 3.8) is 0 Å². The lowest BCUT2D eigenvalue weighted by atomic mass is 9.90. The third-order valence-electron chi connectivity index (χ3n) is 5.66. The summed E-state index contributed by atoms with van der Waals surface area (Å²) in [5.74, 6) is 1.60. The van der Waals surface area contributed by atoms with E-state index in [1.54, 1.807) is 0 Å². The Morgan fingerprint density at radius 1 is 1.22 bits per heavy atom. The highest BCUT2D eigenvalue weighted by molar-refractivity contribution is 5.43. The van der Waals surface area contributed by atoms with Crippen LogP contribution in [0.4, 0.5) is 6.01 Å². The molecule has 0 bridgehead atoms. The Balaban J connectivity index is 1.44. The number of hydrogen-bond acceptors (Lipinski definition) is 4. The van der Waals surface area contributed by atoms with E-state index >= 15 is 0 Å². The third-order valence-corrected chi connectivity index (χ3v) is 5.66. The molecule has 0 radical (unpaired) electrons. The van der Waals surface area contributed by atoms with Gasteiger partial charge in [0.1, 0.15) is 0 Å². The maximum Gasteiger partial charge on any atom is 0.324 e. The molecule has 1 aromatic rings. The van der Waals surface area contributed by atoms with Crippen molar-refractivity contribution >= 4 is 6.01 Å². The van der Waals surface area contributed by atoms with Gasteiger partial charge in [-0.2, -0.15) is 4.98 Å². The summed E-state index contributed by atoms with van der Waals surface area (Å²) < 4.78 is 5.38. The maximum absolute atomic E-state index is 5.38. The van der Waals surface area contributed by atoms with Crippen molar-refractivity contribution in [1.82, 2.24) is 10.1 Å². The minimum absolute atomic E-state index is 0.703. The molecule has 0 amide bonds. The fourth-order valence-corrected chi connectivity index (χ4v) is 3.87. The molecule has 0 N–H and O–H groups in total. The van der Waals surface area contributed by atoms with Gasteiger partial charge >= 0.3 is 6.01 Å². The van der Waals surface area contributed by atoms with Crippen LogP contribution in [0.2, 0.25) is 0 Å². The highest BCUT2D eigenvalue weighted by atomic mass is 16.5. The highest BCUT2D eigenvalue weighted by Crippen LogP contribution is 2.28. The third kappa shape index (κ3) is 5.44. The number of aromatic nitrogens is 2. The second kappa shape index (κ2) is 9.72. The zero-order chi connectivity index (χ0) is 19.1. The molecule has 2 heterocycles. The number of nitrogens with zero attached hydrogens (tertiary/aromatic N) is 3. The molecule has 146 valence electrons. The smallest absolute Gasteiger partial charge is 0.324 e. The van der Waals surface area contributed by atoms with Gasteiger partial charge in [0.2, 0.25) is 0 Å². The van der Waals surface area contributed by atoms with E-state index < -0.39 is 0 Å². The lowest BCUT2D eigenvalue weighted by Crippen LogP contribution is -2.33. The highest BCUT2D eigenvalue weighted by Gasteiger charge is 2.22. The van der Waals surface area contributed by atoms with Crippen LogP contribution in [0, 0.1) is 5.92 Å². The quantitative estimate of drug-likeness (QED) is 0.611. The monoisotopic (exact) mass is 367 g/mol. The van der Waals surface area contributed by atoms with Crippen LogP contribution in [0.3, 0.4) is 0 Å². The Morgan fingerprint density at radius 3 is 2.74 bits per heavy atom. The Labute approximate surface area is 163 Å². The van der Waals surface area contributed by atoms with Gasteiger partial charge in [0.15, 0.2) is 5.82 Å². The van der Waals surface area contributed by atoms with Crippen molar-refractivity contribution in [1.29, 1.82) is 0 Å². The second-order valence-corrected chi connectivity index (χ2v) is 7.62. The first-order valence-corrected chi connectivity index (χ1v) is 10.5. The van der Waals surface area contributed by atoms with Crippen molar-refractivity contribution in [3.05, 3.63) is 52.9 Å². The molecule has 1 aliphatic heterocycles. The Kier molecular flexibility index (Phi) is 7.08. The minimum Gasteiger partial charge on any atom is -0.324 e. The fraction of sp³-hybridized carbons (Fsp3) is 0.565. The van der Waals surface area contributed by atoms with Crippen LogP contribution in [-0.2, 0) is 6.42 Å². The molecule has 0 aromatic carbocycles. The number of aryl methyl sites for hydroxylation is 1. The van der Waals surface area contributed by atoms with Gasteiger partial charge in [-0.15, -0.1) is 0 Å². The first kappa shape index (κ1) is 19.7. The van der Waals surface area contributed by atoms with Crippen LogP contribution in [0.1, 0.15) is 65.1 Å². The molecular weight excluding hydrogens is 334 g/mol. The summed E-state index contributed by atoms with van der Waals surface area (Å²) in [6, 6.07) is 0.703. The van der Waals surface area contributed by atoms with Gasteiger partial charge in [0.05, 0.1) is 0 Å². The van der Waals surface area contributed by atoms with Crippen LogP contribution in [0.5, 0.6) is 0 Å². The molecule has 27 heavy (non-hydrogen) atoms. The van der Waals surface area contributed by atoms with Gasteiger partial charge in [-0.05, 0) is 62.5 Å². The average molecular weight is 368 g/mol. The molecular formula is C23H33N3O. The minimum atomic E-state index is 0.703. The van der Waals surface area contributed by atoms with Crippen molar-refractivity contribution in [2.45, 2.75) is 65.7 Å². The van der Waals surface area contributed by atoms with Gasteiger partial charge in [0.25, 0.3) is 0 Å². The Bertz CT molecular complexity index is 731. The van der Waals surface area contributed by atoms with E-state index in [4.69, 9.17) is 4.52 Å². The van der Waals surface area contributed by atoms with E-state index in [1.165, 1.54) is 42.4 Å². The van der Waals surface area contributed by atoms with Gasteiger partial charge in [0, 0.05) is 19.5 Å². The molecule has 0 saturated carbocycles. The van der Waals surface area contributed by atoms with Crippen LogP contribution >= 0.6 is 0 Å². The molecule has 0 unspecified atom stereocenters. The predicted octanol–water partition coefficient (Wildman–Crippen LogP) is 5.80. The lowest BCUT2D eigenvalue weighted by Gasteiger charge is -2.30. The molecule has 4 heteroatoms. The number of rotatable bonds is 7. The lowest BCUT2D eigenvalue weighted by molar-refractivity contribution is 0.349. The number of allylic oxidation sites excluding steroid dienone is 8. The summed E-state index contributed by atoms with van der Waals surface area (Å²) in [6.07, 6.45) is 19.5. The second-order valence-electron chi connectivity index (χ2n) is 7.62. The van der Waals surface area contributed by atoms with E-state index in [-0.39, 0.29) is 0 Å². The van der Waals surface area contributed by atoms with Gasteiger partial charge in [-0.25, -0.2) is 0 Å². The average Bonchev–Trinajstić information content (AvgIpc) is 3.05. The van der Waals surface area contributed by atoms with Gasteiger partial charge in [-0.1, -0.05) is 55.0 Å². The van der Waals surface area contributed by atoms with Crippen molar-refractivity contribution in [3.8, 4) is 0 Å². The fourth-order valence-electron chi connectivity index (χ4n) is 3.87. The van der Waals surface area contributed by atoms with E-state index in [0.717, 1.165) is 44.1 Å². The number of anilines is 1. The molecule has 0 spiro atoms. The largest absolute Gasteiger partial charge is 0.324 e. The van der Waals surface area contributed by atoms with E-state index in [0.29, 0.717) is 6.01 Å². The standard InChI is InChI=1S/C23H33N3O/c1-4-7-18(3)21-9-6-8-19(12-13-21)10-11-20-14-16-26(17-15-20)23-24-22(5-2)25-27-23/h7-9,12-13,20H,4-6,10-11,14-17H2,1-3H3/b18-7+.